The number of nitrogens with zero attached hydrogens (tertiary/aromatic N) is 3. The van der Waals surface area contributed by atoms with Gasteiger partial charge in [-0.3, -0.25) is 4.79 Å². The van der Waals surface area contributed by atoms with E-state index in [-0.39, 0.29) is 18.2 Å². The molecule has 7 heteroatoms. The normalized spacial score (nSPS) is 10.8. The Morgan fingerprint density at radius 2 is 1.94 bits per heavy atom. The lowest BCUT2D eigenvalue weighted by atomic mass is 10.1. The zero-order valence-corrected chi connectivity index (χ0v) is 18.0. The van der Waals surface area contributed by atoms with Gasteiger partial charge < -0.3 is 14.1 Å². The highest BCUT2D eigenvalue weighted by molar-refractivity contribution is 5.91. The van der Waals surface area contributed by atoms with Gasteiger partial charge in [0.25, 0.3) is 5.91 Å². The summed E-state index contributed by atoms with van der Waals surface area (Å²) in [5.41, 5.74) is 2.33. The predicted octanol–water partition coefficient (Wildman–Crippen LogP) is 5.66. The van der Waals surface area contributed by atoms with Crippen LogP contribution in [0, 0.1) is 5.82 Å². The van der Waals surface area contributed by atoms with Crippen molar-refractivity contribution in [2.45, 2.75) is 19.9 Å². The molecule has 0 bridgehead atoms. The summed E-state index contributed by atoms with van der Waals surface area (Å²) in [6.07, 6.45) is 2.25. The van der Waals surface area contributed by atoms with E-state index in [1.54, 1.807) is 40.9 Å². The minimum atomic E-state index is -0.393. The highest BCUT2D eigenvalue weighted by atomic mass is 19.1. The minimum Gasteiger partial charge on any atom is -0.459 e. The largest absolute Gasteiger partial charge is 0.459 e. The molecule has 6 nitrogen and oxygen atoms in total. The second kappa shape index (κ2) is 9.51. The third-order valence-electron chi connectivity index (χ3n) is 5.01. The number of benzene rings is 2. The Morgan fingerprint density at radius 3 is 2.62 bits per heavy atom. The van der Waals surface area contributed by atoms with E-state index >= 15 is 0 Å². The molecule has 0 aliphatic rings. The summed E-state index contributed by atoms with van der Waals surface area (Å²) in [5.74, 6) is 0.471. The van der Waals surface area contributed by atoms with Gasteiger partial charge in [-0.15, -0.1) is 0 Å². The second-order valence-corrected chi connectivity index (χ2v) is 7.39. The molecular formula is C25H24FN3O3. The molecule has 0 saturated carbocycles. The van der Waals surface area contributed by atoms with Crippen molar-refractivity contribution in [2.24, 2.45) is 7.05 Å². The van der Waals surface area contributed by atoms with Crippen molar-refractivity contribution in [2.75, 3.05) is 6.54 Å². The summed E-state index contributed by atoms with van der Waals surface area (Å²) in [4.78, 5) is 14.8. The van der Waals surface area contributed by atoms with Crippen LogP contribution >= 0.6 is 0 Å². The van der Waals surface area contributed by atoms with Crippen molar-refractivity contribution in [1.82, 2.24) is 14.7 Å². The van der Waals surface area contributed by atoms with Crippen molar-refractivity contribution in [3.05, 3.63) is 90.1 Å². The molecule has 0 aliphatic heterocycles. The van der Waals surface area contributed by atoms with Gasteiger partial charge in [-0.25, -0.2) is 9.07 Å². The highest BCUT2D eigenvalue weighted by Crippen LogP contribution is 2.34. The van der Waals surface area contributed by atoms with Crippen molar-refractivity contribution < 1.29 is 18.3 Å². The zero-order valence-electron chi connectivity index (χ0n) is 18.0. The van der Waals surface area contributed by atoms with E-state index in [0.717, 1.165) is 17.5 Å². The molecule has 2 heterocycles. The third-order valence-corrected chi connectivity index (χ3v) is 5.01. The van der Waals surface area contributed by atoms with Crippen LogP contribution in [0.1, 0.15) is 29.5 Å². The smallest absolute Gasteiger partial charge is 0.289 e. The van der Waals surface area contributed by atoms with Crippen LogP contribution in [0.3, 0.4) is 0 Å². The van der Waals surface area contributed by atoms with Crippen LogP contribution in [-0.4, -0.2) is 27.1 Å². The maximum Gasteiger partial charge on any atom is 0.289 e. The first kappa shape index (κ1) is 21.4. The summed E-state index contributed by atoms with van der Waals surface area (Å²) < 4.78 is 26.8. The number of carbonyl (C=O) groups is 1. The van der Waals surface area contributed by atoms with Gasteiger partial charge in [-0.05, 0) is 30.7 Å². The fourth-order valence-corrected chi connectivity index (χ4v) is 3.56. The summed E-state index contributed by atoms with van der Waals surface area (Å²) in [6, 6.07) is 19.0. The molecule has 0 unspecified atom stereocenters. The van der Waals surface area contributed by atoms with E-state index in [0.29, 0.717) is 23.9 Å². The van der Waals surface area contributed by atoms with Gasteiger partial charge in [-0.1, -0.05) is 43.3 Å². The average Bonchev–Trinajstić information content (AvgIpc) is 3.43. The van der Waals surface area contributed by atoms with Crippen molar-refractivity contribution >= 4 is 5.91 Å². The Hall–Kier alpha value is -3.87. The third kappa shape index (κ3) is 4.56. The van der Waals surface area contributed by atoms with Gasteiger partial charge >= 0.3 is 0 Å². The van der Waals surface area contributed by atoms with Gasteiger partial charge in [0.15, 0.2) is 5.76 Å². The second-order valence-electron chi connectivity index (χ2n) is 7.39. The topological polar surface area (TPSA) is 60.5 Å². The van der Waals surface area contributed by atoms with E-state index in [9.17, 15) is 9.18 Å². The lowest BCUT2D eigenvalue weighted by molar-refractivity contribution is 0.0710. The monoisotopic (exact) mass is 433 g/mol. The molecule has 2 aromatic heterocycles. The average molecular weight is 433 g/mol. The molecule has 0 spiro atoms. The minimum absolute atomic E-state index is 0.212. The molecule has 32 heavy (non-hydrogen) atoms. The number of hydrogen-bond donors (Lipinski definition) is 0. The molecule has 0 N–H and O–H groups in total. The molecule has 4 aromatic rings. The van der Waals surface area contributed by atoms with E-state index < -0.39 is 5.82 Å². The fourth-order valence-electron chi connectivity index (χ4n) is 3.56. The van der Waals surface area contributed by atoms with Gasteiger partial charge in [0.05, 0.1) is 18.4 Å². The number of halogens is 1. The van der Waals surface area contributed by atoms with Gasteiger partial charge in [0.2, 0.25) is 5.88 Å². The number of furan rings is 1. The van der Waals surface area contributed by atoms with Crippen LogP contribution in [0.4, 0.5) is 4.39 Å². The molecule has 164 valence electrons. The number of hydrogen-bond acceptors (Lipinski definition) is 4. The van der Waals surface area contributed by atoms with E-state index in [2.05, 4.69) is 5.10 Å². The number of carbonyl (C=O) groups excluding carboxylic acids is 1. The molecule has 0 radical (unpaired) electrons. The Kier molecular flexibility index (Phi) is 6.35. The number of aryl methyl sites for hydroxylation is 1. The first-order chi connectivity index (χ1) is 15.6. The van der Waals surface area contributed by atoms with E-state index in [4.69, 9.17) is 9.15 Å². The summed E-state index contributed by atoms with van der Waals surface area (Å²) >= 11 is 0. The van der Waals surface area contributed by atoms with Gasteiger partial charge in [0, 0.05) is 25.2 Å². The molecule has 0 aliphatic carbocycles. The maximum absolute atomic E-state index is 13.7. The quantitative estimate of drug-likeness (QED) is 0.360. The van der Waals surface area contributed by atoms with Crippen LogP contribution in [0.15, 0.2) is 77.4 Å². The standard InChI is InChI=1S/C25H24FN3O3/c1-3-14-29(24(30)22-13-8-15-31-22)17-21-23(18-9-5-4-6-10-18)27-28(2)25(21)32-20-12-7-11-19(26)16-20/h4-13,15-16H,3,14,17H2,1-2H3. The van der Waals surface area contributed by atoms with Crippen molar-refractivity contribution in [3.8, 4) is 22.9 Å². The molecular weight excluding hydrogens is 409 g/mol. The van der Waals surface area contributed by atoms with Crippen LogP contribution < -0.4 is 4.74 Å². The van der Waals surface area contributed by atoms with Crippen LogP contribution in [0.5, 0.6) is 11.6 Å². The lowest BCUT2D eigenvalue weighted by Gasteiger charge is -2.22. The van der Waals surface area contributed by atoms with Gasteiger partial charge in [0.1, 0.15) is 17.3 Å². The molecule has 0 fully saturated rings. The van der Waals surface area contributed by atoms with Crippen molar-refractivity contribution in [3.63, 3.8) is 0 Å². The van der Waals surface area contributed by atoms with Crippen LogP contribution in [-0.2, 0) is 13.6 Å². The number of ether oxygens (including phenoxy) is 1. The Labute approximate surface area is 185 Å². The Morgan fingerprint density at radius 1 is 1.12 bits per heavy atom. The van der Waals surface area contributed by atoms with Crippen LogP contribution in [0.25, 0.3) is 11.3 Å². The van der Waals surface area contributed by atoms with E-state index in [1.165, 1.54) is 18.4 Å². The molecule has 2 aromatic carbocycles. The lowest BCUT2D eigenvalue weighted by Crippen LogP contribution is -2.31. The first-order valence-corrected chi connectivity index (χ1v) is 10.4. The SMILES string of the molecule is CCCN(Cc1c(-c2ccccc2)nn(C)c1Oc1cccc(F)c1)C(=O)c1ccco1. The zero-order chi connectivity index (χ0) is 22.5. The molecule has 1 amide bonds. The Balaban J connectivity index is 1.77. The summed E-state index contributed by atoms with van der Waals surface area (Å²) in [7, 11) is 1.77. The summed E-state index contributed by atoms with van der Waals surface area (Å²) in [6.45, 7) is 2.80. The maximum atomic E-state index is 13.7. The van der Waals surface area contributed by atoms with Gasteiger partial charge in [-0.2, -0.15) is 5.10 Å². The van der Waals surface area contributed by atoms with E-state index in [1.807, 2.05) is 37.3 Å². The molecule has 0 atom stereocenters. The number of aromatic nitrogens is 2. The summed E-state index contributed by atoms with van der Waals surface area (Å²) in [5, 5.41) is 4.67. The molecule has 0 saturated heterocycles. The number of rotatable bonds is 8. The van der Waals surface area contributed by atoms with Crippen molar-refractivity contribution in [1.29, 1.82) is 0 Å². The van der Waals surface area contributed by atoms with Crippen LogP contribution in [0.2, 0.25) is 0 Å². The predicted molar refractivity (Wildman–Crippen MR) is 119 cm³/mol. The molecule has 4 rings (SSSR count). The Bertz CT molecular complexity index is 1190. The number of amides is 1. The first-order valence-electron chi connectivity index (χ1n) is 10.4. The fraction of sp³-hybridized carbons (Fsp3) is 0.200. The highest BCUT2D eigenvalue weighted by Gasteiger charge is 2.25.